The van der Waals surface area contributed by atoms with E-state index in [1.165, 1.54) is 19.1 Å². The molecule has 1 heteroatoms. The normalized spacial score (nSPS) is 32.1. The maximum Gasteiger partial charge on any atom is 0.126 e. The molecule has 0 aliphatic heterocycles. The first-order valence-electron chi connectivity index (χ1n) is 6.34. The summed E-state index contributed by atoms with van der Waals surface area (Å²) in [5.74, 6) is 1.20. The zero-order valence-electron chi connectivity index (χ0n) is 11.5. The monoisotopic (exact) mass is 222 g/mol. The zero-order valence-corrected chi connectivity index (χ0v) is 11.5. The Balaban J connectivity index is 2.97. The molecule has 16 heavy (non-hydrogen) atoms. The van der Waals surface area contributed by atoms with E-state index in [0.717, 1.165) is 12.0 Å². The molecule has 0 bridgehead atoms. The summed E-state index contributed by atoms with van der Waals surface area (Å²) in [4.78, 5) is 11.5. The van der Waals surface area contributed by atoms with E-state index in [9.17, 15) is 4.79 Å². The highest BCUT2D eigenvalue weighted by molar-refractivity contribution is 5.60. The van der Waals surface area contributed by atoms with Crippen LogP contribution in [0.1, 0.15) is 53.9 Å². The molecule has 0 saturated heterocycles. The Morgan fingerprint density at radius 3 is 2.38 bits per heavy atom. The quantitative estimate of drug-likeness (QED) is 0.514. The first kappa shape index (κ1) is 13.5. The largest absolute Gasteiger partial charge is 0.303 e. The molecule has 1 aliphatic rings. The van der Waals surface area contributed by atoms with E-state index in [-0.39, 0.29) is 10.8 Å². The molecule has 3 atom stereocenters. The van der Waals surface area contributed by atoms with Crippen molar-refractivity contribution in [1.29, 1.82) is 0 Å². The maximum absolute atomic E-state index is 11.5. The smallest absolute Gasteiger partial charge is 0.126 e. The molecule has 1 nitrogen and oxygen atoms in total. The third-order valence-corrected chi connectivity index (χ3v) is 4.80. The van der Waals surface area contributed by atoms with Gasteiger partial charge in [-0.05, 0) is 43.4 Å². The Bertz CT molecular complexity index is 290. The van der Waals surface area contributed by atoms with Crippen LogP contribution in [0.25, 0.3) is 0 Å². The summed E-state index contributed by atoms with van der Waals surface area (Å²) in [6, 6.07) is 0. The third-order valence-electron chi connectivity index (χ3n) is 4.80. The average molecular weight is 222 g/mol. The molecule has 0 aromatic carbocycles. The second-order valence-electron chi connectivity index (χ2n) is 6.61. The Hall–Kier alpha value is -0.590. The zero-order chi connectivity index (χ0) is 12.6. The van der Waals surface area contributed by atoms with Crippen molar-refractivity contribution >= 4 is 6.29 Å². The van der Waals surface area contributed by atoms with Crippen molar-refractivity contribution in [3.05, 3.63) is 12.2 Å². The fourth-order valence-electron chi connectivity index (χ4n) is 3.58. The van der Waals surface area contributed by atoms with Gasteiger partial charge in [0, 0.05) is 5.41 Å². The van der Waals surface area contributed by atoms with Crippen LogP contribution in [0.2, 0.25) is 0 Å². The van der Waals surface area contributed by atoms with Crippen molar-refractivity contribution in [3.63, 3.8) is 0 Å². The van der Waals surface area contributed by atoms with Gasteiger partial charge in [0.05, 0.1) is 0 Å². The topological polar surface area (TPSA) is 17.1 Å². The minimum absolute atomic E-state index is 0.222. The summed E-state index contributed by atoms with van der Waals surface area (Å²) < 4.78 is 0. The van der Waals surface area contributed by atoms with E-state index in [0.29, 0.717) is 11.8 Å². The summed E-state index contributed by atoms with van der Waals surface area (Å²) in [6.07, 6.45) is 4.43. The highest BCUT2D eigenvalue weighted by Crippen LogP contribution is 2.55. The van der Waals surface area contributed by atoms with Crippen LogP contribution < -0.4 is 0 Å². The molecule has 0 radical (unpaired) electrons. The number of hydrogen-bond acceptors (Lipinski definition) is 1. The van der Waals surface area contributed by atoms with Gasteiger partial charge < -0.3 is 4.79 Å². The molecule has 3 unspecified atom stereocenters. The molecule has 1 rings (SSSR count). The fraction of sp³-hybridized carbons (Fsp3) is 0.800. The Labute approximate surface area is 100 Å². The molecular formula is C15H26O. The SMILES string of the molecule is C=C(C)CC(C)(C=O)C1CCC(C)C1(C)C. The van der Waals surface area contributed by atoms with E-state index < -0.39 is 0 Å². The van der Waals surface area contributed by atoms with Gasteiger partial charge in [0.2, 0.25) is 0 Å². The average Bonchev–Trinajstić information content (AvgIpc) is 2.41. The Morgan fingerprint density at radius 1 is 1.50 bits per heavy atom. The van der Waals surface area contributed by atoms with Crippen molar-refractivity contribution in [2.75, 3.05) is 0 Å². The first-order valence-corrected chi connectivity index (χ1v) is 6.34. The van der Waals surface area contributed by atoms with Gasteiger partial charge in [-0.25, -0.2) is 0 Å². The minimum atomic E-state index is -0.222. The van der Waals surface area contributed by atoms with Gasteiger partial charge in [0.25, 0.3) is 0 Å². The number of rotatable bonds is 4. The lowest BCUT2D eigenvalue weighted by molar-refractivity contribution is -0.120. The number of allylic oxidation sites excluding steroid dienone is 1. The summed E-state index contributed by atoms with van der Waals surface area (Å²) >= 11 is 0. The minimum Gasteiger partial charge on any atom is -0.303 e. The van der Waals surface area contributed by atoms with Gasteiger partial charge in [-0.2, -0.15) is 0 Å². The number of carbonyl (C=O) groups excluding carboxylic acids is 1. The molecule has 0 spiro atoms. The molecule has 1 fully saturated rings. The lowest BCUT2D eigenvalue weighted by atomic mass is 9.62. The second kappa shape index (κ2) is 4.35. The predicted octanol–water partition coefficient (Wildman–Crippen LogP) is 4.23. The van der Waals surface area contributed by atoms with E-state index in [4.69, 9.17) is 0 Å². The van der Waals surface area contributed by atoms with Crippen LogP contribution in [-0.2, 0) is 4.79 Å². The first-order chi connectivity index (χ1) is 7.24. The molecule has 0 aromatic heterocycles. The van der Waals surface area contributed by atoms with E-state index >= 15 is 0 Å². The fourth-order valence-corrected chi connectivity index (χ4v) is 3.58. The van der Waals surface area contributed by atoms with Gasteiger partial charge in [0.1, 0.15) is 6.29 Å². The van der Waals surface area contributed by atoms with Gasteiger partial charge in [-0.1, -0.05) is 33.3 Å². The van der Waals surface area contributed by atoms with Crippen molar-refractivity contribution in [3.8, 4) is 0 Å². The van der Waals surface area contributed by atoms with Crippen LogP contribution in [0.15, 0.2) is 12.2 Å². The van der Waals surface area contributed by atoms with Crippen molar-refractivity contribution in [2.24, 2.45) is 22.7 Å². The number of carbonyl (C=O) groups is 1. The second-order valence-corrected chi connectivity index (χ2v) is 6.61. The molecule has 1 aliphatic carbocycles. The standard InChI is InChI=1S/C15H26O/c1-11(2)9-15(6,10-16)13-8-7-12(3)14(13,4)5/h10,12-13H,1,7-9H2,2-6H3. The summed E-state index contributed by atoms with van der Waals surface area (Å²) in [5.41, 5.74) is 1.16. The van der Waals surface area contributed by atoms with E-state index in [1.54, 1.807) is 0 Å². The van der Waals surface area contributed by atoms with Crippen LogP contribution in [-0.4, -0.2) is 6.29 Å². The van der Waals surface area contributed by atoms with Gasteiger partial charge >= 0.3 is 0 Å². The number of hydrogen-bond donors (Lipinski definition) is 0. The number of aldehydes is 1. The van der Waals surface area contributed by atoms with Crippen LogP contribution in [0, 0.1) is 22.7 Å². The predicted molar refractivity (Wildman–Crippen MR) is 69.3 cm³/mol. The van der Waals surface area contributed by atoms with Gasteiger partial charge in [-0.15, -0.1) is 6.58 Å². The van der Waals surface area contributed by atoms with Gasteiger partial charge in [0.15, 0.2) is 0 Å². The van der Waals surface area contributed by atoms with Crippen molar-refractivity contribution in [1.82, 2.24) is 0 Å². The van der Waals surface area contributed by atoms with Crippen LogP contribution in [0.4, 0.5) is 0 Å². The highest BCUT2D eigenvalue weighted by Gasteiger charge is 2.49. The summed E-state index contributed by atoms with van der Waals surface area (Å²) in [7, 11) is 0. The van der Waals surface area contributed by atoms with E-state index in [2.05, 4.69) is 34.3 Å². The summed E-state index contributed by atoms with van der Waals surface area (Å²) in [5, 5.41) is 0. The molecule has 0 heterocycles. The molecule has 0 N–H and O–H groups in total. The molecule has 0 amide bonds. The van der Waals surface area contributed by atoms with Gasteiger partial charge in [-0.3, -0.25) is 0 Å². The van der Waals surface area contributed by atoms with Crippen LogP contribution in [0.5, 0.6) is 0 Å². The lowest BCUT2D eigenvalue weighted by Crippen LogP contribution is -2.38. The molecule has 0 aromatic rings. The van der Waals surface area contributed by atoms with E-state index in [1.807, 2.05) is 6.92 Å². The summed E-state index contributed by atoms with van der Waals surface area (Å²) in [6.45, 7) is 15.0. The molecule has 92 valence electrons. The Morgan fingerprint density at radius 2 is 2.06 bits per heavy atom. The Kier molecular flexibility index (Phi) is 3.66. The van der Waals surface area contributed by atoms with Crippen LogP contribution in [0.3, 0.4) is 0 Å². The van der Waals surface area contributed by atoms with Crippen molar-refractivity contribution < 1.29 is 4.79 Å². The third kappa shape index (κ3) is 2.23. The van der Waals surface area contributed by atoms with Crippen molar-refractivity contribution in [2.45, 2.75) is 53.9 Å². The lowest BCUT2D eigenvalue weighted by Gasteiger charge is -2.41. The highest BCUT2D eigenvalue weighted by atomic mass is 16.1. The molecule has 1 saturated carbocycles. The van der Waals surface area contributed by atoms with Crippen LogP contribution >= 0.6 is 0 Å². The maximum atomic E-state index is 11.5. The molecular weight excluding hydrogens is 196 g/mol.